The topological polar surface area (TPSA) is 103 Å². The fraction of sp³-hybridized carbons (Fsp3) is 0.652. The van der Waals surface area contributed by atoms with Gasteiger partial charge in [-0.05, 0) is 50.4 Å². The molecule has 0 heterocycles. The van der Waals surface area contributed by atoms with Gasteiger partial charge >= 0.3 is 0 Å². The molecule has 1 rings (SSSR count). The molecule has 0 radical (unpaired) electrons. The average molecular weight is 422 g/mol. The summed E-state index contributed by atoms with van der Waals surface area (Å²) < 4.78 is 10.8. The zero-order chi connectivity index (χ0) is 22.0. The second-order valence-corrected chi connectivity index (χ2v) is 7.39. The lowest BCUT2D eigenvalue weighted by atomic mass is 10.0. The van der Waals surface area contributed by atoms with Crippen LogP contribution in [0.2, 0.25) is 0 Å². The van der Waals surface area contributed by atoms with E-state index >= 15 is 0 Å². The number of Topliss-reactive ketones (excluding diaryl/α,β-unsaturated/α-hetero) is 1. The van der Waals surface area contributed by atoms with Crippen LogP contribution in [-0.2, 0) is 32.0 Å². The van der Waals surface area contributed by atoms with Crippen molar-refractivity contribution in [3.63, 3.8) is 0 Å². The van der Waals surface area contributed by atoms with Crippen LogP contribution in [0.25, 0.3) is 0 Å². The summed E-state index contributed by atoms with van der Waals surface area (Å²) in [4.78, 5) is 23.7. The molecule has 7 heteroatoms. The van der Waals surface area contributed by atoms with Crippen LogP contribution >= 0.6 is 0 Å². The standard InChI is InChI=1S/C23H39N3O4/c1-3-19-9-11-20(12-10-19)17-26-23(28)18-30-16-15-29-14-6-8-22(27)21(24)7-4-5-13-25-2/h9-12,21,25H,3-8,13-18,24H2,1-2H3,(H,26,28). The van der Waals surface area contributed by atoms with Crippen LogP contribution in [0.5, 0.6) is 0 Å². The summed E-state index contributed by atoms with van der Waals surface area (Å²) >= 11 is 0. The molecule has 0 aliphatic heterocycles. The van der Waals surface area contributed by atoms with E-state index in [1.54, 1.807) is 0 Å². The molecule has 0 bridgehead atoms. The molecule has 1 unspecified atom stereocenters. The van der Waals surface area contributed by atoms with E-state index in [-0.39, 0.29) is 24.3 Å². The first-order valence-corrected chi connectivity index (χ1v) is 11.0. The molecule has 0 saturated heterocycles. The van der Waals surface area contributed by atoms with E-state index in [1.807, 2.05) is 19.2 Å². The number of amides is 1. The monoisotopic (exact) mass is 421 g/mol. The largest absolute Gasteiger partial charge is 0.379 e. The minimum Gasteiger partial charge on any atom is -0.379 e. The zero-order valence-electron chi connectivity index (χ0n) is 18.6. The minimum atomic E-state index is -0.367. The number of carbonyl (C=O) groups is 2. The molecule has 0 spiro atoms. The van der Waals surface area contributed by atoms with Crippen LogP contribution < -0.4 is 16.4 Å². The molecule has 170 valence electrons. The maximum Gasteiger partial charge on any atom is 0.246 e. The van der Waals surface area contributed by atoms with Gasteiger partial charge in [0.15, 0.2) is 0 Å². The molecule has 4 N–H and O–H groups in total. The van der Waals surface area contributed by atoms with Gasteiger partial charge in [-0.2, -0.15) is 0 Å². The lowest BCUT2D eigenvalue weighted by Crippen LogP contribution is -2.30. The molecule has 1 aromatic rings. The van der Waals surface area contributed by atoms with Gasteiger partial charge in [-0.25, -0.2) is 0 Å². The predicted octanol–water partition coefficient (Wildman–Crippen LogP) is 1.96. The smallest absolute Gasteiger partial charge is 0.246 e. The molecule has 0 fully saturated rings. The van der Waals surface area contributed by atoms with E-state index in [2.05, 4.69) is 29.7 Å². The zero-order valence-corrected chi connectivity index (χ0v) is 18.6. The van der Waals surface area contributed by atoms with Crippen molar-refractivity contribution in [1.29, 1.82) is 0 Å². The van der Waals surface area contributed by atoms with Crippen molar-refractivity contribution in [2.24, 2.45) is 5.73 Å². The van der Waals surface area contributed by atoms with Gasteiger partial charge in [-0.1, -0.05) is 37.6 Å². The Bertz CT molecular complexity index is 593. The van der Waals surface area contributed by atoms with Gasteiger partial charge in [0, 0.05) is 19.6 Å². The van der Waals surface area contributed by atoms with E-state index in [0.717, 1.165) is 37.8 Å². The molecule has 0 aliphatic rings. The van der Waals surface area contributed by atoms with Crippen molar-refractivity contribution in [3.8, 4) is 0 Å². The SMILES string of the molecule is CCc1ccc(CNC(=O)COCCOCCCC(=O)C(N)CCCCNC)cc1. The van der Waals surface area contributed by atoms with E-state index in [0.29, 0.717) is 39.2 Å². The van der Waals surface area contributed by atoms with Crippen LogP contribution in [0.15, 0.2) is 24.3 Å². The molecule has 1 amide bonds. The molecule has 1 aromatic carbocycles. The minimum absolute atomic E-state index is 0.0112. The normalized spacial score (nSPS) is 12.0. The van der Waals surface area contributed by atoms with Gasteiger partial charge in [0.05, 0.1) is 19.3 Å². The summed E-state index contributed by atoms with van der Waals surface area (Å²) in [6.07, 6.45) is 4.83. The number of ether oxygens (including phenoxy) is 2. The number of ketones is 1. The molecular formula is C23H39N3O4. The Morgan fingerprint density at radius 2 is 1.70 bits per heavy atom. The Kier molecular flexibility index (Phi) is 14.8. The van der Waals surface area contributed by atoms with Crippen LogP contribution in [0.4, 0.5) is 0 Å². The Morgan fingerprint density at radius 1 is 1.00 bits per heavy atom. The quantitative estimate of drug-likeness (QED) is 0.313. The lowest BCUT2D eigenvalue weighted by molar-refractivity contribution is -0.126. The summed E-state index contributed by atoms with van der Waals surface area (Å²) in [6.45, 7) is 4.80. The number of rotatable bonds is 18. The number of aryl methyl sites for hydroxylation is 1. The van der Waals surface area contributed by atoms with Gasteiger partial charge < -0.3 is 25.8 Å². The van der Waals surface area contributed by atoms with Crippen molar-refractivity contribution < 1.29 is 19.1 Å². The fourth-order valence-electron chi connectivity index (χ4n) is 2.89. The highest BCUT2D eigenvalue weighted by Crippen LogP contribution is 2.05. The first-order valence-electron chi connectivity index (χ1n) is 11.0. The first-order chi connectivity index (χ1) is 14.6. The van der Waals surface area contributed by atoms with Gasteiger partial charge in [0.25, 0.3) is 0 Å². The summed E-state index contributed by atoms with van der Waals surface area (Å²) in [5.74, 6) is -0.0517. The molecule has 0 aliphatic carbocycles. The van der Waals surface area contributed by atoms with E-state index in [9.17, 15) is 9.59 Å². The Labute approximate surface area is 181 Å². The van der Waals surface area contributed by atoms with Crippen molar-refractivity contribution >= 4 is 11.7 Å². The van der Waals surface area contributed by atoms with E-state index in [1.165, 1.54) is 5.56 Å². The van der Waals surface area contributed by atoms with E-state index in [4.69, 9.17) is 15.2 Å². The third-order valence-electron chi connectivity index (χ3n) is 4.84. The highest BCUT2D eigenvalue weighted by molar-refractivity contribution is 5.83. The molecule has 0 aromatic heterocycles. The number of benzene rings is 1. The third kappa shape index (κ3) is 12.7. The second-order valence-electron chi connectivity index (χ2n) is 7.39. The summed E-state index contributed by atoms with van der Waals surface area (Å²) in [6, 6.07) is 7.82. The summed E-state index contributed by atoms with van der Waals surface area (Å²) in [5, 5.41) is 5.92. The number of nitrogens with two attached hydrogens (primary N) is 1. The van der Waals surface area contributed by atoms with E-state index < -0.39 is 0 Å². The number of hydrogen-bond donors (Lipinski definition) is 3. The van der Waals surface area contributed by atoms with Crippen molar-refractivity contribution in [1.82, 2.24) is 10.6 Å². The number of unbranched alkanes of at least 4 members (excludes halogenated alkanes) is 1. The van der Waals surface area contributed by atoms with Crippen LogP contribution in [0, 0.1) is 0 Å². The number of carbonyl (C=O) groups excluding carboxylic acids is 2. The highest BCUT2D eigenvalue weighted by atomic mass is 16.5. The first kappa shape index (κ1) is 26.2. The summed E-state index contributed by atoms with van der Waals surface area (Å²) in [7, 11) is 1.92. The number of hydrogen-bond acceptors (Lipinski definition) is 6. The van der Waals surface area contributed by atoms with Crippen LogP contribution in [0.1, 0.15) is 50.2 Å². The Hall–Kier alpha value is -1.80. The fourth-order valence-corrected chi connectivity index (χ4v) is 2.89. The molecule has 7 nitrogen and oxygen atoms in total. The van der Waals surface area contributed by atoms with Gasteiger partial charge in [0.2, 0.25) is 5.91 Å². The molecule has 30 heavy (non-hydrogen) atoms. The van der Waals surface area contributed by atoms with Gasteiger partial charge in [-0.15, -0.1) is 0 Å². The highest BCUT2D eigenvalue weighted by Gasteiger charge is 2.12. The van der Waals surface area contributed by atoms with Crippen LogP contribution in [0.3, 0.4) is 0 Å². The van der Waals surface area contributed by atoms with Crippen LogP contribution in [-0.4, -0.2) is 57.8 Å². The number of nitrogens with one attached hydrogen (secondary N) is 2. The van der Waals surface area contributed by atoms with Crippen molar-refractivity contribution in [3.05, 3.63) is 35.4 Å². The summed E-state index contributed by atoms with van der Waals surface area (Å²) in [5.41, 5.74) is 8.26. The maximum atomic E-state index is 11.9. The third-order valence-corrected chi connectivity index (χ3v) is 4.84. The van der Waals surface area contributed by atoms with Gasteiger partial charge in [0.1, 0.15) is 12.4 Å². The average Bonchev–Trinajstić information content (AvgIpc) is 2.77. The Balaban J connectivity index is 1.95. The second kappa shape index (κ2) is 16.9. The van der Waals surface area contributed by atoms with Crippen molar-refractivity contribution in [2.75, 3.05) is 40.0 Å². The predicted molar refractivity (Wildman–Crippen MR) is 119 cm³/mol. The lowest BCUT2D eigenvalue weighted by Gasteiger charge is -2.10. The van der Waals surface area contributed by atoms with Gasteiger partial charge in [-0.3, -0.25) is 9.59 Å². The molecule has 1 atom stereocenters. The maximum absolute atomic E-state index is 11.9. The Morgan fingerprint density at radius 3 is 2.40 bits per heavy atom. The van der Waals surface area contributed by atoms with Crippen molar-refractivity contribution in [2.45, 2.75) is 58.0 Å². The molecular weight excluding hydrogens is 382 g/mol. The molecule has 0 saturated carbocycles.